The summed E-state index contributed by atoms with van der Waals surface area (Å²) in [6.07, 6.45) is 0. The number of ether oxygens (including phenoxy) is 2. The fraction of sp³-hybridized carbons (Fsp3) is 0.0455. The number of benzene rings is 2. The van der Waals surface area contributed by atoms with E-state index in [0.717, 1.165) is 4.88 Å². The highest BCUT2D eigenvalue weighted by molar-refractivity contribution is 7.13. The van der Waals surface area contributed by atoms with E-state index < -0.39 is 11.9 Å². The topological polar surface area (TPSA) is 96.4 Å². The molecule has 0 saturated carbocycles. The molecule has 0 unspecified atom stereocenters. The van der Waals surface area contributed by atoms with Crippen LogP contribution < -0.4 is 15.2 Å². The summed E-state index contributed by atoms with van der Waals surface area (Å²) in [6, 6.07) is 19.2. The van der Waals surface area contributed by atoms with Crippen molar-refractivity contribution in [2.24, 2.45) is 5.73 Å². The molecule has 0 radical (unpaired) electrons. The zero-order chi connectivity index (χ0) is 21.1. The third-order valence-electron chi connectivity index (χ3n) is 4.35. The van der Waals surface area contributed by atoms with Crippen LogP contribution in [0.2, 0.25) is 0 Å². The number of rotatable bonds is 6. The molecule has 2 heterocycles. The minimum absolute atomic E-state index is 0.0188. The first-order chi connectivity index (χ1) is 14.6. The van der Waals surface area contributed by atoms with Gasteiger partial charge in [0.25, 0.3) is 5.91 Å². The molecule has 0 aliphatic heterocycles. The third-order valence-corrected chi connectivity index (χ3v) is 5.24. The highest BCUT2D eigenvalue weighted by Gasteiger charge is 2.22. The summed E-state index contributed by atoms with van der Waals surface area (Å²) in [5.74, 6) is -0.940. The van der Waals surface area contributed by atoms with Crippen LogP contribution in [-0.2, 0) is 0 Å². The predicted octanol–water partition coefficient (Wildman–Crippen LogP) is 3.93. The Bertz CT molecular complexity index is 1200. The largest absolute Gasteiger partial charge is 0.497 e. The molecule has 2 aromatic carbocycles. The van der Waals surface area contributed by atoms with E-state index in [9.17, 15) is 9.59 Å². The molecule has 0 atom stereocenters. The van der Waals surface area contributed by atoms with E-state index in [1.54, 1.807) is 12.1 Å². The van der Waals surface area contributed by atoms with Crippen molar-refractivity contribution in [3.8, 4) is 27.8 Å². The van der Waals surface area contributed by atoms with Gasteiger partial charge in [0, 0.05) is 12.1 Å². The Morgan fingerprint density at radius 2 is 1.83 bits per heavy atom. The lowest BCUT2D eigenvalue weighted by atomic mass is 10.2. The quantitative estimate of drug-likeness (QED) is 0.377. The molecule has 8 heteroatoms. The second-order valence-corrected chi connectivity index (χ2v) is 7.20. The van der Waals surface area contributed by atoms with Crippen LogP contribution in [0.4, 0.5) is 0 Å². The molecule has 150 valence electrons. The summed E-state index contributed by atoms with van der Waals surface area (Å²) < 4.78 is 12.2. The number of carbonyl (C=O) groups is 2. The van der Waals surface area contributed by atoms with Crippen molar-refractivity contribution in [1.29, 1.82) is 0 Å². The first kappa shape index (κ1) is 19.4. The Hall–Kier alpha value is -3.91. The summed E-state index contributed by atoms with van der Waals surface area (Å²) in [7, 11) is 1.47. The summed E-state index contributed by atoms with van der Waals surface area (Å²) in [6.45, 7) is 0. The lowest BCUT2D eigenvalue weighted by Gasteiger charge is -2.11. The second kappa shape index (κ2) is 8.22. The lowest BCUT2D eigenvalue weighted by molar-refractivity contribution is 0.0723. The fourth-order valence-electron chi connectivity index (χ4n) is 2.91. The number of primary amides is 1. The Labute approximate surface area is 176 Å². The highest BCUT2D eigenvalue weighted by Crippen LogP contribution is 2.28. The molecule has 2 N–H and O–H groups in total. The van der Waals surface area contributed by atoms with Crippen molar-refractivity contribution < 1.29 is 19.1 Å². The normalized spacial score (nSPS) is 10.6. The van der Waals surface area contributed by atoms with Gasteiger partial charge in [-0.25, -0.2) is 9.48 Å². The third kappa shape index (κ3) is 3.81. The van der Waals surface area contributed by atoms with E-state index in [4.69, 9.17) is 15.2 Å². The molecule has 0 bridgehead atoms. The summed E-state index contributed by atoms with van der Waals surface area (Å²) in [5.41, 5.74) is 7.05. The van der Waals surface area contributed by atoms with E-state index in [1.807, 2.05) is 47.8 Å². The van der Waals surface area contributed by atoms with Gasteiger partial charge < -0.3 is 15.2 Å². The number of hydrogen-bond acceptors (Lipinski definition) is 6. The van der Waals surface area contributed by atoms with Crippen molar-refractivity contribution in [2.75, 3.05) is 7.11 Å². The predicted molar refractivity (Wildman–Crippen MR) is 113 cm³/mol. The number of thiophene rings is 1. The number of carbonyl (C=O) groups excluding carboxylic acids is 2. The molecule has 0 aliphatic carbocycles. The van der Waals surface area contributed by atoms with E-state index in [1.165, 1.54) is 35.3 Å². The maximum atomic E-state index is 13.1. The Morgan fingerprint density at radius 1 is 1.03 bits per heavy atom. The second-order valence-electron chi connectivity index (χ2n) is 6.26. The molecular weight excluding hydrogens is 402 g/mol. The number of esters is 1. The number of aromatic nitrogens is 2. The van der Waals surface area contributed by atoms with E-state index in [-0.39, 0.29) is 17.0 Å². The average Bonchev–Trinajstić information content (AvgIpc) is 3.44. The van der Waals surface area contributed by atoms with Gasteiger partial charge in [-0.05, 0) is 35.7 Å². The highest BCUT2D eigenvalue weighted by atomic mass is 32.1. The first-order valence-electron chi connectivity index (χ1n) is 8.96. The molecule has 4 rings (SSSR count). The molecule has 30 heavy (non-hydrogen) atoms. The van der Waals surface area contributed by atoms with Crippen LogP contribution in [0.25, 0.3) is 16.3 Å². The smallest absolute Gasteiger partial charge is 0.362 e. The molecule has 0 aliphatic rings. The van der Waals surface area contributed by atoms with E-state index in [2.05, 4.69) is 5.10 Å². The number of amides is 1. The van der Waals surface area contributed by atoms with Gasteiger partial charge in [-0.15, -0.1) is 11.3 Å². The zero-order valence-corrected chi connectivity index (χ0v) is 16.8. The molecular formula is C22H17N3O4S. The van der Waals surface area contributed by atoms with Crippen molar-refractivity contribution >= 4 is 23.2 Å². The van der Waals surface area contributed by atoms with Crippen molar-refractivity contribution in [3.63, 3.8) is 0 Å². The number of para-hydroxylation sites is 1. The van der Waals surface area contributed by atoms with Crippen LogP contribution in [0.15, 0.2) is 72.1 Å². The summed E-state index contributed by atoms with van der Waals surface area (Å²) in [4.78, 5) is 25.8. The van der Waals surface area contributed by atoms with Crippen molar-refractivity contribution in [1.82, 2.24) is 9.78 Å². The SMILES string of the molecule is COc1ccc(C(N)=O)c(OC(=O)c2cc(-c3cccs3)nn2-c2ccccc2)c1. The van der Waals surface area contributed by atoms with Gasteiger partial charge in [-0.2, -0.15) is 5.10 Å². The number of methoxy groups -OCH3 is 1. The minimum Gasteiger partial charge on any atom is -0.497 e. The summed E-state index contributed by atoms with van der Waals surface area (Å²) in [5, 5.41) is 6.52. The lowest BCUT2D eigenvalue weighted by Crippen LogP contribution is -2.18. The van der Waals surface area contributed by atoms with Crippen LogP contribution in [-0.4, -0.2) is 28.8 Å². The van der Waals surface area contributed by atoms with E-state index >= 15 is 0 Å². The first-order valence-corrected chi connectivity index (χ1v) is 9.84. The standard InChI is InChI=1S/C22H17N3O4S/c1-28-15-9-10-16(21(23)26)19(12-15)29-22(27)18-13-17(20-8-5-11-30-20)24-25(18)14-6-3-2-4-7-14/h2-13H,1H3,(H2,23,26). The number of hydrogen-bond donors (Lipinski definition) is 1. The average molecular weight is 419 g/mol. The van der Waals surface area contributed by atoms with Gasteiger partial charge in [0.2, 0.25) is 0 Å². The van der Waals surface area contributed by atoms with E-state index in [0.29, 0.717) is 17.1 Å². The molecule has 2 aromatic heterocycles. The maximum absolute atomic E-state index is 13.1. The molecule has 4 aromatic rings. The van der Waals surface area contributed by atoms with Crippen molar-refractivity contribution in [3.05, 3.63) is 83.4 Å². The molecule has 1 amide bonds. The van der Waals surface area contributed by atoms with Crippen LogP contribution >= 0.6 is 11.3 Å². The van der Waals surface area contributed by atoms with Gasteiger partial charge in [0.15, 0.2) is 5.69 Å². The summed E-state index contributed by atoms with van der Waals surface area (Å²) >= 11 is 1.51. The van der Waals surface area contributed by atoms with Crippen LogP contribution in [0.3, 0.4) is 0 Å². The Kier molecular flexibility index (Phi) is 5.32. The van der Waals surface area contributed by atoms with Gasteiger partial charge in [0.05, 0.1) is 23.2 Å². The van der Waals surface area contributed by atoms with Crippen LogP contribution in [0, 0.1) is 0 Å². The number of nitrogens with zero attached hydrogens (tertiary/aromatic N) is 2. The van der Waals surface area contributed by atoms with Crippen molar-refractivity contribution in [2.45, 2.75) is 0 Å². The Balaban J connectivity index is 1.77. The van der Waals surface area contributed by atoms with Crippen LogP contribution in [0.1, 0.15) is 20.8 Å². The monoisotopic (exact) mass is 419 g/mol. The van der Waals surface area contributed by atoms with Gasteiger partial charge in [-0.1, -0.05) is 24.3 Å². The van der Waals surface area contributed by atoms with Crippen LogP contribution in [0.5, 0.6) is 11.5 Å². The zero-order valence-electron chi connectivity index (χ0n) is 15.9. The number of nitrogens with two attached hydrogens (primary N) is 1. The maximum Gasteiger partial charge on any atom is 0.362 e. The molecule has 0 saturated heterocycles. The molecule has 0 spiro atoms. The fourth-order valence-corrected chi connectivity index (χ4v) is 3.59. The minimum atomic E-state index is -0.712. The van der Waals surface area contributed by atoms with Gasteiger partial charge in [0.1, 0.15) is 17.2 Å². The van der Waals surface area contributed by atoms with Gasteiger partial charge in [-0.3, -0.25) is 4.79 Å². The Morgan fingerprint density at radius 3 is 2.50 bits per heavy atom. The van der Waals surface area contributed by atoms with Gasteiger partial charge >= 0.3 is 5.97 Å². The molecule has 7 nitrogen and oxygen atoms in total. The molecule has 0 fully saturated rings.